The predicted molar refractivity (Wildman–Crippen MR) is 113 cm³/mol. The van der Waals surface area contributed by atoms with E-state index in [1.54, 1.807) is 17.5 Å². The predicted octanol–water partition coefficient (Wildman–Crippen LogP) is 2.43. The maximum Gasteiger partial charge on any atom is 0.141 e. The molecular weight excluding hydrogens is 392 g/mol. The Balaban J connectivity index is 1.38. The topological polar surface area (TPSA) is 72.7 Å². The van der Waals surface area contributed by atoms with Gasteiger partial charge in [0.25, 0.3) is 0 Å². The Morgan fingerprint density at radius 3 is 2.25 bits per heavy atom. The fourth-order valence-electron chi connectivity index (χ4n) is 3.96. The number of thiazole rings is 1. The highest BCUT2D eigenvalue weighted by Gasteiger charge is 2.50. The van der Waals surface area contributed by atoms with Gasteiger partial charge in [0, 0.05) is 60.9 Å². The molecule has 2 N–H and O–H groups in total. The molecule has 28 heavy (non-hydrogen) atoms. The average Bonchev–Trinajstić information content (AvgIpc) is 3.19. The van der Waals surface area contributed by atoms with Crippen molar-refractivity contribution in [2.24, 2.45) is 0 Å². The summed E-state index contributed by atoms with van der Waals surface area (Å²) in [5.74, 6) is 0. The standard InChI is InChI=1S/C20H30N4O2S2/c1-17(2,3)23-12-20(26,13-23)16-21-9-14(27-16)8-18(4,5)24-10-19(25,11-24)15-6-7-22-28-15/h6-7,9,25-26H,8,10-13H2,1-5H3. The summed E-state index contributed by atoms with van der Waals surface area (Å²) in [7, 11) is 0. The van der Waals surface area contributed by atoms with Crippen molar-refractivity contribution in [1.29, 1.82) is 0 Å². The van der Waals surface area contributed by atoms with Gasteiger partial charge in [-0.3, -0.25) is 9.80 Å². The summed E-state index contributed by atoms with van der Waals surface area (Å²) in [5.41, 5.74) is -1.60. The molecule has 0 aliphatic carbocycles. The monoisotopic (exact) mass is 422 g/mol. The van der Waals surface area contributed by atoms with Gasteiger partial charge in [-0.25, -0.2) is 9.36 Å². The summed E-state index contributed by atoms with van der Waals surface area (Å²) in [5, 5.41) is 22.5. The lowest BCUT2D eigenvalue weighted by molar-refractivity contribution is -0.139. The fourth-order valence-corrected chi connectivity index (χ4v) is 5.82. The van der Waals surface area contributed by atoms with Crippen LogP contribution in [0.3, 0.4) is 0 Å². The lowest BCUT2D eigenvalue weighted by atomic mass is 9.84. The van der Waals surface area contributed by atoms with Crippen LogP contribution in [0.1, 0.15) is 49.4 Å². The van der Waals surface area contributed by atoms with Gasteiger partial charge < -0.3 is 10.2 Å². The molecule has 0 unspecified atom stereocenters. The minimum atomic E-state index is -0.816. The van der Waals surface area contributed by atoms with Crippen LogP contribution in [0.2, 0.25) is 0 Å². The Morgan fingerprint density at radius 2 is 1.68 bits per heavy atom. The molecule has 2 aromatic rings. The lowest BCUT2D eigenvalue weighted by Gasteiger charge is -2.53. The van der Waals surface area contributed by atoms with Crippen molar-refractivity contribution in [3.05, 3.63) is 33.2 Å². The number of hydrogen-bond acceptors (Lipinski definition) is 8. The largest absolute Gasteiger partial charge is 0.382 e. The SMILES string of the molecule is CC(C)(C)N1CC(O)(c2ncc(CC(C)(C)N3CC(O)(c4ccns4)C3)s2)C1. The Hall–Kier alpha value is -0.900. The zero-order chi connectivity index (χ0) is 20.4. The second-order valence-corrected chi connectivity index (χ2v) is 11.9. The van der Waals surface area contributed by atoms with E-state index in [1.807, 2.05) is 12.3 Å². The number of β-amino-alcohol motifs (C(OH)–C–C–N with tert-alkyl or cyclic N) is 2. The molecule has 0 spiro atoms. The number of rotatable bonds is 5. The summed E-state index contributed by atoms with van der Waals surface area (Å²) < 4.78 is 4.11. The molecule has 0 bridgehead atoms. The van der Waals surface area contributed by atoms with Gasteiger partial charge in [-0.05, 0) is 52.2 Å². The van der Waals surface area contributed by atoms with Gasteiger partial charge in [0.15, 0.2) is 0 Å². The van der Waals surface area contributed by atoms with Crippen LogP contribution < -0.4 is 0 Å². The number of likely N-dealkylation sites (tertiary alicyclic amines) is 2. The van der Waals surface area contributed by atoms with Gasteiger partial charge in [-0.15, -0.1) is 11.3 Å². The third-order valence-corrected chi connectivity index (χ3v) is 8.20. The quantitative estimate of drug-likeness (QED) is 0.771. The van der Waals surface area contributed by atoms with Crippen LogP contribution in [-0.4, -0.2) is 66.6 Å². The third kappa shape index (κ3) is 3.55. The number of hydrogen-bond donors (Lipinski definition) is 2. The van der Waals surface area contributed by atoms with Crippen molar-refractivity contribution in [2.45, 2.75) is 63.3 Å². The van der Waals surface area contributed by atoms with Crippen molar-refractivity contribution in [1.82, 2.24) is 19.2 Å². The molecule has 0 aromatic carbocycles. The Bertz CT molecular complexity index is 829. The van der Waals surface area contributed by atoms with Gasteiger partial charge in [-0.1, -0.05) is 0 Å². The minimum absolute atomic E-state index is 0.0701. The fraction of sp³-hybridized carbons (Fsp3) is 0.700. The molecule has 8 heteroatoms. The molecule has 0 radical (unpaired) electrons. The van der Waals surface area contributed by atoms with Gasteiger partial charge in [0.1, 0.15) is 16.2 Å². The van der Waals surface area contributed by atoms with Crippen molar-refractivity contribution >= 4 is 22.9 Å². The highest BCUT2D eigenvalue weighted by atomic mass is 32.1. The zero-order valence-corrected chi connectivity index (χ0v) is 18.9. The van der Waals surface area contributed by atoms with Gasteiger partial charge in [0.2, 0.25) is 0 Å². The number of nitrogens with zero attached hydrogens (tertiary/aromatic N) is 4. The average molecular weight is 423 g/mol. The molecule has 2 aromatic heterocycles. The molecule has 4 heterocycles. The van der Waals surface area contributed by atoms with Crippen LogP contribution >= 0.6 is 22.9 Å². The van der Waals surface area contributed by atoms with E-state index in [-0.39, 0.29) is 11.1 Å². The van der Waals surface area contributed by atoms with Crippen LogP contribution in [0.5, 0.6) is 0 Å². The molecule has 0 amide bonds. The van der Waals surface area contributed by atoms with E-state index >= 15 is 0 Å². The summed E-state index contributed by atoms with van der Waals surface area (Å²) >= 11 is 2.99. The first-order valence-corrected chi connectivity index (χ1v) is 11.3. The van der Waals surface area contributed by atoms with E-state index in [2.05, 4.69) is 53.8 Å². The first-order valence-electron chi connectivity index (χ1n) is 9.73. The summed E-state index contributed by atoms with van der Waals surface area (Å²) in [6.45, 7) is 13.4. The zero-order valence-electron chi connectivity index (χ0n) is 17.3. The van der Waals surface area contributed by atoms with Gasteiger partial charge in [-0.2, -0.15) is 0 Å². The lowest BCUT2D eigenvalue weighted by Crippen LogP contribution is -2.66. The minimum Gasteiger partial charge on any atom is -0.382 e. The number of aromatic nitrogens is 2. The highest BCUT2D eigenvalue weighted by molar-refractivity contribution is 7.11. The van der Waals surface area contributed by atoms with E-state index in [0.717, 1.165) is 16.3 Å². The van der Waals surface area contributed by atoms with E-state index in [4.69, 9.17) is 0 Å². The maximum atomic E-state index is 10.9. The summed E-state index contributed by atoms with van der Waals surface area (Å²) in [4.78, 5) is 11.3. The first-order chi connectivity index (χ1) is 12.9. The van der Waals surface area contributed by atoms with Crippen molar-refractivity contribution in [2.75, 3.05) is 26.2 Å². The molecule has 2 aliphatic heterocycles. The van der Waals surface area contributed by atoms with Crippen LogP contribution in [-0.2, 0) is 17.6 Å². The molecular formula is C20H30N4O2S2. The number of aliphatic hydroxyl groups is 2. The van der Waals surface area contributed by atoms with Crippen LogP contribution in [0.25, 0.3) is 0 Å². The van der Waals surface area contributed by atoms with E-state index in [9.17, 15) is 10.2 Å². The van der Waals surface area contributed by atoms with Crippen molar-refractivity contribution in [3.63, 3.8) is 0 Å². The van der Waals surface area contributed by atoms with E-state index < -0.39 is 11.2 Å². The third-order valence-electron chi connectivity index (χ3n) is 6.07. The molecule has 2 saturated heterocycles. The van der Waals surface area contributed by atoms with Gasteiger partial charge in [0.05, 0.1) is 4.88 Å². The molecule has 2 aliphatic rings. The molecule has 0 atom stereocenters. The van der Waals surface area contributed by atoms with Crippen molar-refractivity contribution in [3.8, 4) is 0 Å². The molecule has 154 valence electrons. The maximum absolute atomic E-state index is 10.9. The van der Waals surface area contributed by atoms with Gasteiger partial charge >= 0.3 is 0 Å². The van der Waals surface area contributed by atoms with E-state index in [1.165, 1.54) is 16.4 Å². The molecule has 2 fully saturated rings. The van der Waals surface area contributed by atoms with Crippen LogP contribution in [0.4, 0.5) is 0 Å². The molecule has 6 nitrogen and oxygen atoms in total. The smallest absolute Gasteiger partial charge is 0.141 e. The second-order valence-electron chi connectivity index (χ2n) is 9.94. The normalized spacial score (nSPS) is 22.7. The van der Waals surface area contributed by atoms with Crippen LogP contribution in [0.15, 0.2) is 18.5 Å². The van der Waals surface area contributed by atoms with Crippen LogP contribution in [0, 0.1) is 0 Å². The molecule has 0 saturated carbocycles. The van der Waals surface area contributed by atoms with Crippen molar-refractivity contribution < 1.29 is 10.2 Å². The molecule has 4 rings (SSSR count). The summed E-state index contributed by atoms with van der Waals surface area (Å²) in [6, 6.07) is 1.91. The first kappa shape index (κ1) is 20.4. The second kappa shape index (κ2) is 6.55. The Morgan fingerprint density at radius 1 is 1.04 bits per heavy atom. The Labute approximate surface area is 175 Å². The Kier molecular flexibility index (Phi) is 4.77. The highest BCUT2D eigenvalue weighted by Crippen LogP contribution is 2.41. The van der Waals surface area contributed by atoms with E-state index in [0.29, 0.717) is 26.2 Å². The summed E-state index contributed by atoms with van der Waals surface area (Å²) in [6.07, 6.45) is 4.51.